The van der Waals surface area contributed by atoms with Gasteiger partial charge in [-0.25, -0.2) is 13.1 Å². The van der Waals surface area contributed by atoms with Crippen LogP contribution in [0.2, 0.25) is 0 Å². The molecule has 0 spiro atoms. The van der Waals surface area contributed by atoms with E-state index in [0.29, 0.717) is 0 Å². The first kappa shape index (κ1) is 18.2. The van der Waals surface area contributed by atoms with Gasteiger partial charge in [-0.3, -0.25) is 0 Å². The highest BCUT2D eigenvalue weighted by molar-refractivity contribution is 9.10. The van der Waals surface area contributed by atoms with Crippen molar-refractivity contribution in [2.75, 3.05) is 6.54 Å². The van der Waals surface area contributed by atoms with Gasteiger partial charge in [0.05, 0.1) is 4.90 Å². The quantitative estimate of drug-likeness (QED) is 0.808. The molecule has 0 aliphatic rings. The first-order valence-corrected chi connectivity index (χ1v) is 7.93. The molecule has 120 valence electrons. The zero-order chi connectivity index (χ0) is 16.5. The van der Waals surface area contributed by atoms with Crippen LogP contribution in [0.1, 0.15) is 13.8 Å². The average molecular weight is 391 g/mol. The zero-order valence-electron chi connectivity index (χ0n) is 11.2. The van der Waals surface area contributed by atoms with Crippen molar-refractivity contribution in [3.63, 3.8) is 0 Å². The van der Waals surface area contributed by atoms with E-state index in [4.69, 9.17) is 5.73 Å². The molecule has 0 unspecified atom stereocenters. The maximum atomic E-state index is 12.2. The van der Waals surface area contributed by atoms with E-state index in [2.05, 4.69) is 25.4 Å². The van der Waals surface area contributed by atoms with Gasteiger partial charge >= 0.3 is 6.36 Å². The van der Waals surface area contributed by atoms with Crippen LogP contribution in [0.15, 0.2) is 27.6 Å². The highest BCUT2D eigenvalue weighted by atomic mass is 79.9. The molecule has 0 aliphatic carbocycles. The van der Waals surface area contributed by atoms with Crippen molar-refractivity contribution < 1.29 is 26.3 Å². The predicted octanol–water partition coefficient (Wildman–Crippen LogP) is 2.36. The van der Waals surface area contributed by atoms with Crippen LogP contribution in [0.5, 0.6) is 5.75 Å². The molecule has 0 fully saturated rings. The molecule has 0 heterocycles. The van der Waals surface area contributed by atoms with Crippen molar-refractivity contribution in [3.05, 3.63) is 22.7 Å². The summed E-state index contributed by atoms with van der Waals surface area (Å²) in [6.45, 7) is 3.22. The second kappa shape index (κ2) is 6.11. The van der Waals surface area contributed by atoms with Crippen LogP contribution in [-0.4, -0.2) is 26.9 Å². The van der Waals surface area contributed by atoms with Gasteiger partial charge in [-0.05, 0) is 48.0 Å². The summed E-state index contributed by atoms with van der Waals surface area (Å²) in [5.74, 6) is -0.522. The van der Waals surface area contributed by atoms with Gasteiger partial charge in [0.2, 0.25) is 10.0 Å². The Morgan fingerprint density at radius 3 is 2.33 bits per heavy atom. The Balaban J connectivity index is 3.10. The largest absolute Gasteiger partial charge is 0.573 e. The van der Waals surface area contributed by atoms with Crippen LogP contribution in [0.25, 0.3) is 0 Å². The highest BCUT2D eigenvalue weighted by Gasteiger charge is 2.32. The fourth-order valence-corrected chi connectivity index (χ4v) is 3.84. The van der Waals surface area contributed by atoms with Crippen LogP contribution in [0.4, 0.5) is 13.2 Å². The first-order chi connectivity index (χ1) is 9.36. The first-order valence-electron chi connectivity index (χ1n) is 5.66. The van der Waals surface area contributed by atoms with Crippen LogP contribution < -0.4 is 15.2 Å². The van der Waals surface area contributed by atoms with Crippen molar-refractivity contribution in [1.82, 2.24) is 4.72 Å². The van der Waals surface area contributed by atoms with E-state index in [9.17, 15) is 21.6 Å². The minimum Gasteiger partial charge on any atom is -0.406 e. The third-order valence-electron chi connectivity index (χ3n) is 2.35. The van der Waals surface area contributed by atoms with Gasteiger partial charge in [-0.1, -0.05) is 0 Å². The molecule has 0 bridgehead atoms. The monoisotopic (exact) mass is 390 g/mol. The molecular weight excluding hydrogens is 377 g/mol. The molecule has 0 saturated carbocycles. The number of benzene rings is 1. The lowest BCUT2D eigenvalue weighted by Crippen LogP contribution is -2.48. The molecule has 0 aromatic heterocycles. The lowest BCUT2D eigenvalue weighted by Gasteiger charge is -2.24. The molecule has 0 saturated heterocycles. The summed E-state index contributed by atoms with van der Waals surface area (Å²) >= 11 is 2.92. The van der Waals surface area contributed by atoms with E-state index in [1.54, 1.807) is 13.8 Å². The highest BCUT2D eigenvalue weighted by Crippen LogP contribution is 2.30. The smallest absolute Gasteiger partial charge is 0.406 e. The van der Waals surface area contributed by atoms with Gasteiger partial charge in [-0.2, -0.15) is 0 Å². The van der Waals surface area contributed by atoms with Crippen molar-refractivity contribution in [2.45, 2.75) is 30.6 Å². The molecular formula is C11H14BrF3N2O3S. The third-order valence-corrected chi connectivity index (χ3v) is 5.02. The fourth-order valence-electron chi connectivity index (χ4n) is 1.36. The van der Waals surface area contributed by atoms with Crippen molar-refractivity contribution in [1.29, 1.82) is 0 Å². The number of sulfonamides is 1. The molecule has 0 aliphatic heterocycles. The van der Waals surface area contributed by atoms with Gasteiger partial charge < -0.3 is 10.5 Å². The summed E-state index contributed by atoms with van der Waals surface area (Å²) in [6, 6.07) is 2.86. The number of nitrogens with one attached hydrogen (secondary N) is 1. The lowest BCUT2D eigenvalue weighted by molar-refractivity contribution is -0.274. The normalized spacial score (nSPS) is 13.3. The number of nitrogens with two attached hydrogens (primary N) is 1. The molecule has 3 N–H and O–H groups in total. The Morgan fingerprint density at radius 1 is 1.33 bits per heavy atom. The SMILES string of the molecule is CC(C)(CN)NS(=O)(=O)c1ccc(OC(F)(F)F)cc1Br. The molecule has 5 nitrogen and oxygen atoms in total. The van der Waals surface area contributed by atoms with E-state index in [-0.39, 0.29) is 15.9 Å². The predicted molar refractivity (Wildman–Crippen MR) is 74.3 cm³/mol. The second-order valence-electron chi connectivity index (χ2n) is 4.83. The molecule has 0 amide bonds. The van der Waals surface area contributed by atoms with Crippen molar-refractivity contribution >= 4 is 26.0 Å². The minimum absolute atomic E-state index is 0.0513. The van der Waals surface area contributed by atoms with Gasteiger partial charge in [0, 0.05) is 16.6 Å². The maximum Gasteiger partial charge on any atom is 0.573 e. The van der Waals surface area contributed by atoms with Gasteiger partial charge in [0.1, 0.15) is 5.75 Å². The van der Waals surface area contributed by atoms with Crippen LogP contribution in [0.3, 0.4) is 0 Å². The van der Waals surface area contributed by atoms with E-state index in [0.717, 1.165) is 18.2 Å². The molecule has 10 heteroatoms. The molecule has 1 aromatic rings. The van der Waals surface area contributed by atoms with Crippen molar-refractivity contribution in [2.24, 2.45) is 5.73 Å². The number of halogens is 4. The van der Waals surface area contributed by atoms with Crippen molar-refractivity contribution in [3.8, 4) is 5.75 Å². The molecule has 0 atom stereocenters. The summed E-state index contributed by atoms with van der Waals surface area (Å²) in [4.78, 5) is -0.210. The van der Waals surface area contributed by atoms with Gasteiger partial charge in [0.25, 0.3) is 0 Å². The third kappa shape index (κ3) is 5.46. The number of ether oxygens (including phenoxy) is 1. The Morgan fingerprint density at radius 2 is 1.90 bits per heavy atom. The Hall–Kier alpha value is -0.840. The molecule has 21 heavy (non-hydrogen) atoms. The van der Waals surface area contributed by atoms with E-state index in [1.165, 1.54) is 0 Å². The summed E-state index contributed by atoms with van der Waals surface area (Å²) in [7, 11) is -3.93. The van der Waals surface area contributed by atoms with Crippen LogP contribution in [-0.2, 0) is 10.0 Å². The fraction of sp³-hybridized carbons (Fsp3) is 0.455. The summed E-state index contributed by atoms with van der Waals surface area (Å²) < 4.78 is 66.6. The molecule has 1 aromatic carbocycles. The van der Waals surface area contributed by atoms with E-state index < -0.39 is 27.7 Å². The second-order valence-corrected chi connectivity index (χ2v) is 7.34. The molecule has 0 radical (unpaired) electrons. The number of hydrogen-bond donors (Lipinski definition) is 2. The zero-order valence-corrected chi connectivity index (χ0v) is 13.6. The van der Waals surface area contributed by atoms with Crippen LogP contribution >= 0.6 is 15.9 Å². The average Bonchev–Trinajstić information content (AvgIpc) is 2.24. The topological polar surface area (TPSA) is 81.4 Å². The van der Waals surface area contributed by atoms with E-state index >= 15 is 0 Å². The standard InChI is InChI=1S/C11H14BrF3N2O3S/c1-10(2,6-16)17-21(18,19)9-4-3-7(5-8(9)12)20-11(13,14)15/h3-5,17H,6,16H2,1-2H3. The van der Waals surface area contributed by atoms with Crippen LogP contribution in [0, 0.1) is 0 Å². The van der Waals surface area contributed by atoms with E-state index in [1.807, 2.05) is 0 Å². The minimum atomic E-state index is -4.85. The Kier molecular flexibility index (Phi) is 5.30. The van der Waals surface area contributed by atoms with Gasteiger partial charge in [-0.15, -0.1) is 13.2 Å². The number of hydrogen-bond acceptors (Lipinski definition) is 4. The maximum absolute atomic E-state index is 12.2. The van der Waals surface area contributed by atoms with Gasteiger partial charge in [0.15, 0.2) is 0 Å². The number of alkyl halides is 3. The molecule has 1 rings (SSSR count). The summed E-state index contributed by atoms with van der Waals surface area (Å²) in [6.07, 6.45) is -4.85. The Bertz CT molecular complexity index is 618. The number of rotatable bonds is 5. The summed E-state index contributed by atoms with van der Waals surface area (Å²) in [5.41, 5.74) is 4.55. The Labute approximate surface area is 128 Å². The summed E-state index contributed by atoms with van der Waals surface area (Å²) in [5, 5.41) is 0. The lowest BCUT2D eigenvalue weighted by atomic mass is 10.1.